The highest BCUT2D eigenvalue weighted by Gasteiger charge is 2.74. The molecular formula is C39H53FN2O3. The van der Waals surface area contributed by atoms with Crippen LogP contribution in [0.2, 0.25) is 0 Å². The number of hydrogen-bond donors (Lipinski definition) is 2. The lowest BCUT2D eigenvalue weighted by atomic mass is 9.32. The number of fused-ring (bicyclic) bond motifs is 1. The predicted octanol–water partition coefficient (Wildman–Crippen LogP) is 6.69. The van der Waals surface area contributed by atoms with Crippen molar-refractivity contribution in [3.05, 3.63) is 53.9 Å². The number of ketones is 1. The number of nitrogens with zero attached hydrogens (tertiary/aromatic N) is 2. The van der Waals surface area contributed by atoms with Gasteiger partial charge in [-0.25, -0.2) is 4.39 Å². The predicted molar refractivity (Wildman–Crippen MR) is 175 cm³/mol. The molecule has 1 aromatic rings. The van der Waals surface area contributed by atoms with Gasteiger partial charge >= 0.3 is 0 Å². The molecule has 244 valence electrons. The largest absolute Gasteiger partial charge is 0.393 e. The molecule has 2 spiro atoms. The summed E-state index contributed by atoms with van der Waals surface area (Å²) in [5.41, 5.74) is 0.490. The minimum atomic E-state index is -0.808. The summed E-state index contributed by atoms with van der Waals surface area (Å²) in [6.07, 6.45) is 18.8. The van der Waals surface area contributed by atoms with E-state index in [1.54, 1.807) is 0 Å². The first kappa shape index (κ1) is 30.3. The van der Waals surface area contributed by atoms with Crippen LogP contribution >= 0.6 is 0 Å². The topological polar surface area (TPSA) is 64.0 Å². The molecule has 4 saturated carbocycles. The van der Waals surface area contributed by atoms with E-state index >= 15 is 0 Å². The van der Waals surface area contributed by atoms with Crippen LogP contribution in [0.4, 0.5) is 10.1 Å². The van der Waals surface area contributed by atoms with E-state index in [1.807, 2.05) is 12.1 Å². The number of piperazine rings is 1. The number of anilines is 1. The second-order valence-corrected chi connectivity index (χ2v) is 16.7. The first-order valence-electron chi connectivity index (χ1n) is 18.1. The zero-order valence-electron chi connectivity index (χ0n) is 27.4. The van der Waals surface area contributed by atoms with Crippen LogP contribution in [0.15, 0.2) is 48.1 Å². The van der Waals surface area contributed by atoms with Crippen molar-refractivity contribution in [2.75, 3.05) is 37.6 Å². The van der Waals surface area contributed by atoms with Gasteiger partial charge in [0.05, 0.1) is 11.7 Å². The Morgan fingerprint density at radius 2 is 1.53 bits per heavy atom. The molecule has 8 atom stereocenters. The molecular weight excluding hydrogens is 563 g/mol. The van der Waals surface area contributed by atoms with Gasteiger partial charge in [0.2, 0.25) is 0 Å². The van der Waals surface area contributed by atoms with Gasteiger partial charge in [-0.05, 0) is 99.3 Å². The van der Waals surface area contributed by atoms with Crippen molar-refractivity contribution in [1.29, 1.82) is 0 Å². The Bertz CT molecular complexity index is 1400. The monoisotopic (exact) mass is 616 g/mol. The van der Waals surface area contributed by atoms with Crippen molar-refractivity contribution in [3.8, 4) is 0 Å². The summed E-state index contributed by atoms with van der Waals surface area (Å²) in [7, 11) is 0. The second-order valence-electron chi connectivity index (χ2n) is 16.7. The summed E-state index contributed by atoms with van der Waals surface area (Å²) < 4.78 is 13.5. The van der Waals surface area contributed by atoms with Gasteiger partial charge in [0, 0.05) is 66.1 Å². The highest BCUT2D eigenvalue weighted by molar-refractivity contribution is 6.00. The third-order valence-corrected chi connectivity index (χ3v) is 15.0. The number of rotatable bonds is 5. The number of β-amino-alcohol motifs (C(OH)–C–C–N with tert-alkyl or cyclic N) is 1. The third kappa shape index (κ3) is 4.23. The molecule has 8 aliphatic rings. The number of aliphatic hydroxyl groups is 2. The number of hydrogen-bond acceptors (Lipinski definition) is 5. The Balaban J connectivity index is 1.11. The molecule has 0 amide bonds. The van der Waals surface area contributed by atoms with Crippen LogP contribution < -0.4 is 4.90 Å². The molecule has 9 rings (SSSR count). The lowest BCUT2D eigenvalue weighted by Gasteiger charge is -2.71. The van der Waals surface area contributed by atoms with Crippen molar-refractivity contribution in [1.82, 2.24) is 4.90 Å². The standard InChI is InChI=1S/C39H53FN2O3/c1-35-15-12-30(43)24-37(35)18-19-39(31(25-37)34(44)27-6-4-3-5-7-27)32(35)13-16-36(2)33(39)14-17-38(36,45)26-41-20-22-42(23-21-41)29-10-8-28(40)9-11-29/h8-11,18-19,25,27,30,32-33,43,45H,3-7,12-17,20-24,26H2,1-2H3/t30?,32-,33-,35-,36+,37+,38-,39-/m1/s1. The summed E-state index contributed by atoms with van der Waals surface area (Å²) >= 11 is 0. The maximum absolute atomic E-state index is 14.7. The average Bonchev–Trinajstić information content (AvgIpc) is 3.31. The lowest BCUT2D eigenvalue weighted by Crippen LogP contribution is -2.67. The Labute approximate surface area is 268 Å². The summed E-state index contributed by atoms with van der Waals surface area (Å²) in [5, 5.41) is 23.7. The first-order valence-corrected chi connectivity index (χ1v) is 18.1. The Kier molecular flexibility index (Phi) is 7.07. The average molecular weight is 617 g/mol. The van der Waals surface area contributed by atoms with E-state index in [4.69, 9.17) is 0 Å². The van der Waals surface area contributed by atoms with Crippen molar-refractivity contribution in [2.24, 2.45) is 39.4 Å². The quantitative estimate of drug-likeness (QED) is 0.361. The molecule has 1 aromatic carbocycles. The van der Waals surface area contributed by atoms with Crippen molar-refractivity contribution in [3.63, 3.8) is 0 Å². The minimum Gasteiger partial charge on any atom is -0.393 e. The molecule has 5 fully saturated rings. The number of aliphatic hydroxyl groups excluding tert-OH is 1. The summed E-state index contributed by atoms with van der Waals surface area (Å²) in [5.74, 6) is 0.903. The van der Waals surface area contributed by atoms with Gasteiger partial charge < -0.3 is 15.1 Å². The summed E-state index contributed by atoms with van der Waals surface area (Å²) in [6.45, 7) is 9.00. The van der Waals surface area contributed by atoms with Crippen LogP contribution in [-0.4, -0.2) is 65.3 Å². The molecule has 2 N–H and O–H groups in total. The van der Waals surface area contributed by atoms with Crippen LogP contribution in [0.3, 0.4) is 0 Å². The molecule has 0 radical (unpaired) electrons. The fourth-order valence-electron chi connectivity index (χ4n) is 12.4. The zero-order chi connectivity index (χ0) is 31.2. The SMILES string of the molecule is C[C@]12CC[C@H]3[C@]4(C=C[C@@]5(C=C4C(=O)C4CCCCC4)CC(O)CC[C@]35C)[C@@H]1CC[C@@]2(O)CN1CCN(c2ccc(F)cc2)CC1. The molecule has 1 saturated heterocycles. The van der Waals surface area contributed by atoms with E-state index in [0.717, 1.165) is 108 Å². The van der Waals surface area contributed by atoms with Gasteiger partial charge in [-0.3, -0.25) is 9.69 Å². The van der Waals surface area contributed by atoms with Gasteiger partial charge in [0.25, 0.3) is 0 Å². The summed E-state index contributed by atoms with van der Waals surface area (Å²) in [4.78, 5) is 19.5. The molecule has 0 aromatic heterocycles. The normalized spacial score (nSPS) is 44.7. The van der Waals surface area contributed by atoms with Gasteiger partial charge in [0.15, 0.2) is 5.78 Å². The zero-order valence-corrected chi connectivity index (χ0v) is 27.4. The van der Waals surface area contributed by atoms with E-state index in [1.165, 1.54) is 18.6 Å². The molecule has 1 aliphatic heterocycles. The fraction of sp³-hybridized carbons (Fsp3) is 0.718. The second kappa shape index (κ2) is 10.5. The third-order valence-electron chi connectivity index (χ3n) is 15.0. The van der Waals surface area contributed by atoms with E-state index in [-0.39, 0.29) is 45.4 Å². The van der Waals surface area contributed by atoms with Crippen LogP contribution in [-0.2, 0) is 4.79 Å². The van der Waals surface area contributed by atoms with Crippen LogP contribution in [0.5, 0.6) is 0 Å². The Morgan fingerprint density at radius 3 is 2.27 bits per heavy atom. The van der Waals surface area contributed by atoms with E-state index in [2.05, 4.69) is 41.9 Å². The molecule has 1 unspecified atom stereocenters. The van der Waals surface area contributed by atoms with Gasteiger partial charge in [-0.15, -0.1) is 0 Å². The smallest absolute Gasteiger partial charge is 0.162 e. The van der Waals surface area contributed by atoms with Crippen LogP contribution in [0.25, 0.3) is 0 Å². The number of Topliss-reactive ketones (excluding diaryl/α,β-unsaturated/α-hetero) is 1. The molecule has 45 heavy (non-hydrogen) atoms. The minimum absolute atomic E-state index is 0.0239. The summed E-state index contributed by atoms with van der Waals surface area (Å²) in [6, 6.07) is 6.80. The molecule has 2 bridgehead atoms. The number of carbonyl (C=O) groups is 1. The van der Waals surface area contributed by atoms with Crippen molar-refractivity contribution < 1.29 is 19.4 Å². The van der Waals surface area contributed by atoms with Crippen LogP contribution in [0, 0.1) is 45.2 Å². The number of halogens is 1. The maximum atomic E-state index is 14.7. The van der Waals surface area contributed by atoms with Crippen molar-refractivity contribution >= 4 is 11.5 Å². The van der Waals surface area contributed by atoms with Gasteiger partial charge in [-0.2, -0.15) is 0 Å². The molecule has 5 nitrogen and oxygen atoms in total. The van der Waals surface area contributed by atoms with E-state index in [0.29, 0.717) is 18.2 Å². The first-order chi connectivity index (χ1) is 21.5. The maximum Gasteiger partial charge on any atom is 0.162 e. The Morgan fingerprint density at radius 1 is 0.867 bits per heavy atom. The van der Waals surface area contributed by atoms with Crippen molar-refractivity contribution in [2.45, 2.75) is 103 Å². The highest BCUT2D eigenvalue weighted by Crippen LogP contribution is 2.78. The van der Waals surface area contributed by atoms with Gasteiger partial charge in [-0.1, -0.05) is 51.3 Å². The lowest BCUT2D eigenvalue weighted by molar-refractivity contribution is -0.179. The number of benzene rings is 1. The number of allylic oxidation sites excluding steroid dienone is 4. The Hall–Kier alpha value is -2.02. The molecule has 7 aliphatic carbocycles. The van der Waals surface area contributed by atoms with E-state index < -0.39 is 5.60 Å². The number of carbonyl (C=O) groups excluding carboxylic acids is 1. The van der Waals surface area contributed by atoms with Crippen LogP contribution in [0.1, 0.15) is 90.9 Å². The van der Waals surface area contributed by atoms with Gasteiger partial charge in [0.1, 0.15) is 5.82 Å². The highest BCUT2D eigenvalue weighted by atomic mass is 19.1. The fourth-order valence-corrected chi connectivity index (χ4v) is 12.4. The van der Waals surface area contributed by atoms with E-state index in [9.17, 15) is 19.4 Å². The molecule has 6 heteroatoms. The molecule has 1 heterocycles.